The lowest BCUT2D eigenvalue weighted by Gasteiger charge is -2.20. The van der Waals surface area contributed by atoms with Crippen LogP contribution in [0.4, 0.5) is 0 Å². The van der Waals surface area contributed by atoms with E-state index >= 15 is 0 Å². The lowest BCUT2D eigenvalue weighted by atomic mass is 9.86. The number of rotatable bonds is 6. The van der Waals surface area contributed by atoms with Gasteiger partial charge in [0.15, 0.2) is 11.6 Å². The van der Waals surface area contributed by atoms with Gasteiger partial charge in [0.1, 0.15) is 5.04 Å². The zero-order chi connectivity index (χ0) is 22.9. The molecule has 11 heteroatoms. The molecule has 1 saturated carbocycles. The van der Waals surface area contributed by atoms with Crippen molar-refractivity contribution in [1.82, 2.24) is 5.01 Å². The average Bonchev–Trinajstić information content (AvgIpc) is 3.14. The van der Waals surface area contributed by atoms with Gasteiger partial charge in [0.05, 0.1) is 16.9 Å². The number of amides is 1. The molecule has 0 atom stereocenters. The first-order valence-electron chi connectivity index (χ1n) is 10.4. The first kappa shape index (κ1) is 23.0. The fourth-order valence-electron chi connectivity index (χ4n) is 3.94. The van der Waals surface area contributed by atoms with Crippen LogP contribution >= 0.6 is 23.4 Å². The summed E-state index contributed by atoms with van der Waals surface area (Å²) in [7, 11) is -3.71. The van der Waals surface area contributed by atoms with E-state index in [1.165, 1.54) is 67.1 Å². The second kappa shape index (κ2) is 9.36. The molecule has 1 amide bonds. The van der Waals surface area contributed by atoms with Gasteiger partial charge < -0.3 is 4.18 Å². The smallest absolute Gasteiger partial charge is 0.306 e. The maximum Gasteiger partial charge on any atom is 0.306 e. The minimum absolute atomic E-state index is 0.00942. The number of aliphatic imine (C=N–C) groups is 1. The molecule has 32 heavy (non-hydrogen) atoms. The predicted molar refractivity (Wildman–Crippen MR) is 128 cm³/mol. The molecule has 0 unspecified atom stereocenters. The number of nitrogens with one attached hydrogen (secondary N) is 1. The third-order valence-electron chi connectivity index (χ3n) is 5.50. The maximum atomic E-state index is 12.6. The third kappa shape index (κ3) is 5.41. The third-order valence-corrected chi connectivity index (χ3v) is 7.24. The van der Waals surface area contributed by atoms with Crippen molar-refractivity contribution in [3.63, 3.8) is 0 Å². The summed E-state index contributed by atoms with van der Waals surface area (Å²) < 4.78 is 27.4. The minimum atomic E-state index is -3.71. The summed E-state index contributed by atoms with van der Waals surface area (Å²) in [6, 6.07) is 4.41. The van der Waals surface area contributed by atoms with Gasteiger partial charge in [-0.25, -0.2) is 0 Å². The Morgan fingerprint density at radius 3 is 2.75 bits per heavy atom. The Morgan fingerprint density at radius 1 is 1.31 bits per heavy atom. The highest BCUT2D eigenvalue weighted by molar-refractivity contribution is 8.26. The summed E-state index contributed by atoms with van der Waals surface area (Å²) in [6.07, 6.45) is 10.7. The van der Waals surface area contributed by atoms with Crippen molar-refractivity contribution in [2.24, 2.45) is 16.0 Å². The SMILES string of the molecule is CS(=O)(=O)Oc1ccc(C=C2C(=N)N3N=C(CCC4CCCCC4)SC3=NC2=O)cc1Cl. The Kier molecular flexibility index (Phi) is 6.73. The van der Waals surface area contributed by atoms with Crippen molar-refractivity contribution >= 4 is 61.5 Å². The summed E-state index contributed by atoms with van der Waals surface area (Å²) in [6.45, 7) is 0. The molecule has 0 saturated heterocycles. The lowest BCUT2D eigenvalue weighted by molar-refractivity contribution is -0.114. The number of hydrogen-bond donors (Lipinski definition) is 1. The molecule has 4 rings (SSSR count). The fraction of sp³-hybridized carbons (Fsp3) is 0.429. The summed E-state index contributed by atoms with van der Waals surface area (Å²) in [5.41, 5.74) is 0.593. The van der Waals surface area contributed by atoms with Gasteiger partial charge in [0.2, 0.25) is 5.17 Å². The number of nitrogens with zero attached hydrogens (tertiary/aromatic N) is 3. The quantitative estimate of drug-likeness (QED) is 0.454. The molecular formula is C21H23ClN4O4S2. The van der Waals surface area contributed by atoms with Crippen molar-refractivity contribution in [2.45, 2.75) is 44.9 Å². The summed E-state index contributed by atoms with van der Waals surface area (Å²) >= 11 is 7.46. The Balaban J connectivity index is 1.49. The highest BCUT2D eigenvalue weighted by Crippen LogP contribution is 2.34. The van der Waals surface area contributed by atoms with Gasteiger partial charge in [-0.2, -0.15) is 23.5 Å². The van der Waals surface area contributed by atoms with Crippen molar-refractivity contribution in [3.05, 3.63) is 34.4 Å². The van der Waals surface area contributed by atoms with Crippen molar-refractivity contribution < 1.29 is 17.4 Å². The Morgan fingerprint density at radius 2 is 2.06 bits per heavy atom. The molecule has 0 radical (unpaired) electrons. The lowest BCUT2D eigenvalue weighted by Crippen LogP contribution is -2.35. The molecule has 1 aliphatic carbocycles. The zero-order valence-electron chi connectivity index (χ0n) is 17.5. The predicted octanol–water partition coefficient (Wildman–Crippen LogP) is 4.66. The Bertz CT molecular complexity index is 1150. The molecule has 1 N–H and O–H groups in total. The summed E-state index contributed by atoms with van der Waals surface area (Å²) in [5.74, 6) is 0.144. The molecule has 1 aromatic carbocycles. The molecule has 1 aromatic rings. The number of carbonyl (C=O) groups excluding carboxylic acids is 1. The molecular weight excluding hydrogens is 472 g/mol. The van der Waals surface area contributed by atoms with E-state index in [0.29, 0.717) is 10.7 Å². The van der Waals surface area contributed by atoms with Crippen LogP contribution in [0.25, 0.3) is 6.08 Å². The molecule has 2 aliphatic heterocycles. The normalized spacial score (nSPS) is 20.9. The molecule has 0 bridgehead atoms. The van der Waals surface area contributed by atoms with Gasteiger partial charge in [0, 0.05) is 0 Å². The second-order valence-corrected chi connectivity index (χ2v) is 11.1. The van der Waals surface area contributed by atoms with E-state index in [1.807, 2.05) is 0 Å². The monoisotopic (exact) mass is 494 g/mol. The molecule has 8 nitrogen and oxygen atoms in total. The molecule has 2 heterocycles. The Labute approximate surface area is 196 Å². The molecule has 0 aromatic heterocycles. The zero-order valence-corrected chi connectivity index (χ0v) is 19.9. The van der Waals surface area contributed by atoms with Crippen LogP contribution in [0.3, 0.4) is 0 Å². The van der Waals surface area contributed by atoms with Gasteiger partial charge in [0.25, 0.3) is 5.91 Å². The number of benzene rings is 1. The van der Waals surface area contributed by atoms with Crippen LogP contribution in [-0.2, 0) is 14.9 Å². The number of amidine groups is 2. The maximum absolute atomic E-state index is 12.6. The van der Waals surface area contributed by atoms with Crippen LogP contribution in [-0.4, -0.2) is 41.6 Å². The van der Waals surface area contributed by atoms with Crippen molar-refractivity contribution in [2.75, 3.05) is 6.26 Å². The van der Waals surface area contributed by atoms with Gasteiger partial charge in [-0.3, -0.25) is 10.2 Å². The van der Waals surface area contributed by atoms with E-state index in [4.69, 9.17) is 21.2 Å². The first-order chi connectivity index (χ1) is 15.2. The highest BCUT2D eigenvalue weighted by Gasteiger charge is 2.35. The van der Waals surface area contributed by atoms with E-state index in [9.17, 15) is 13.2 Å². The first-order valence-corrected chi connectivity index (χ1v) is 13.4. The summed E-state index contributed by atoms with van der Waals surface area (Å²) in [4.78, 5) is 16.7. The van der Waals surface area contributed by atoms with E-state index in [0.717, 1.165) is 30.1 Å². The number of halogens is 1. The molecule has 0 spiro atoms. The fourth-order valence-corrected chi connectivity index (χ4v) is 5.59. The highest BCUT2D eigenvalue weighted by atomic mass is 35.5. The molecule has 3 aliphatic rings. The largest absolute Gasteiger partial charge is 0.381 e. The second-order valence-electron chi connectivity index (χ2n) is 8.03. The average molecular weight is 495 g/mol. The van der Waals surface area contributed by atoms with Crippen LogP contribution in [0.1, 0.15) is 50.5 Å². The van der Waals surface area contributed by atoms with E-state index in [2.05, 4.69) is 10.1 Å². The van der Waals surface area contributed by atoms with Gasteiger partial charge in [-0.05, 0) is 54.3 Å². The van der Waals surface area contributed by atoms with Gasteiger partial charge in [-0.1, -0.05) is 49.8 Å². The van der Waals surface area contributed by atoms with Crippen LogP contribution in [0.5, 0.6) is 5.75 Å². The van der Waals surface area contributed by atoms with Crippen LogP contribution in [0, 0.1) is 11.3 Å². The van der Waals surface area contributed by atoms with E-state index in [1.54, 1.807) is 6.07 Å². The number of thioether (sulfide) groups is 1. The minimum Gasteiger partial charge on any atom is -0.381 e. The Hall–Kier alpha value is -2.17. The molecule has 1 fully saturated rings. The standard InChI is InChI=1S/C21H23ClN4O4S2/c1-32(28,29)30-17-9-7-14(12-16(17)22)11-15-19(23)26-21(24-20(15)27)31-18(25-26)10-8-13-5-3-2-4-6-13/h7,9,11-13,23H,2-6,8,10H2,1H3. The molecule has 170 valence electrons. The van der Waals surface area contributed by atoms with E-state index < -0.39 is 16.0 Å². The summed E-state index contributed by atoms with van der Waals surface area (Å²) in [5, 5.41) is 15.8. The van der Waals surface area contributed by atoms with Gasteiger partial charge in [-0.15, -0.1) is 0 Å². The van der Waals surface area contributed by atoms with Crippen LogP contribution < -0.4 is 4.18 Å². The topological polar surface area (TPSA) is 112 Å². The van der Waals surface area contributed by atoms with Crippen LogP contribution in [0.15, 0.2) is 33.9 Å². The van der Waals surface area contributed by atoms with Crippen LogP contribution in [0.2, 0.25) is 5.02 Å². The number of fused-ring (bicyclic) bond motifs is 1. The van der Waals surface area contributed by atoms with E-state index in [-0.39, 0.29) is 22.2 Å². The number of hydrazone groups is 1. The number of carbonyl (C=O) groups is 1. The van der Waals surface area contributed by atoms with Crippen molar-refractivity contribution in [1.29, 1.82) is 5.41 Å². The van der Waals surface area contributed by atoms with Crippen molar-refractivity contribution in [3.8, 4) is 5.75 Å². The number of hydrogen-bond acceptors (Lipinski definition) is 7. The van der Waals surface area contributed by atoms with Gasteiger partial charge >= 0.3 is 10.1 Å².